The number of nitrogens with zero attached hydrogens (tertiary/aromatic N) is 2. The monoisotopic (exact) mass is 194 g/mol. The van der Waals surface area contributed by atoms with Crippen molar-refractivity contribution in [1.82, 2.24) is 9.88 Å². The quantitative estimate of drug-likeness (QED) is 0.769. The van der Waals surface area contributed by atoms with Crippen LogP contribution in [0.5, 0.6) is 0 Å². The Bertz CT molecular complexity index is 326. The maximum absolute atomic E-state index is 11.7. The molecule has 0 saturated carbocycles. The summed E-state index contributed by atoms with van der Waals surface area (Å²) in [6, 6.07) is 3.25. The maximum atomic E-state index is 11.7. The summed E-state index contributed by atoms with van der Waals surface area (Å²) in [5, 5.41) is 8.85. The van der Waals surface area contributed by atoms with Crippen LogP contribution in [0.4, 0.5) is 0 Å². The predicted octanol–water partition coefficient (Wildman–Crippen LogP) is 0.666. The number of aliphatic hydroxyl groups is 1. The van der Waals surface area contributed by atoms with E-state index in [-0.39, 0.29) is 12.5 Å². The van der Waals surface area contributed by atoms with Gasteiger partial charge in [0.1, 0.15) is 0 Å². The van der Waals surface area contributed by atoms with Crippen LogP contribution in [-0.2, 0) is 6.61 Å². The summed E-state index contributed by atoms with van der Waals surface area (Å²) < 4.78 is 0. The van der Waals surface area contributed by atoms with Crippen molar-refractivity contribution >= 4 is 5.91 Å². The fraction of sp³-hybridized carbons (Fsp3) is 0.400. The van der Waals surface area contributed by atoms with E-state index in [0.717, 1.165) is 0 Å². The molecule has 0 unspecified atom stereocenters. The van der Waals surface area contributed by atoms with Gasteiger partial charge in [0.05, 0.1) is 12.3 Å². The molecule has 0 bridgehead atoms. The molecule has 4 heteroatoms. The van der Waals surface area contributed by atoms with Crippen LogP contribution in [-0.4, -0.2) is 34.5 Å². The third kappa shape index (κ3) is 2.29. The van der Waals surface area contributed by atoms with Crippen LogP contribution in [0.15, 0.2) is 18.3 Å². The van der Waals surface area contributed by atoms with Gasteiger partial charge in [0, 0.05) is 25.4 Å². The van der Waals surface area contributed by atoms with E-state index in [0.29, 0.717) is 17.8 Å². The van der Waals surface area contributed by atoms with Crippen molar-refractivity contribution in [3.63, 3.8) is 0 Å². The number of amides is 1. The number of carbonyl (C=O) groups is 1. The average Bonchev–Trinajstić information content (AvgIpc) is 2.27. The second kappa shape index (κ2) is 4.72. The SMILES string of the molecule is CCN(C)C(=O)c1ccnc(CO)c1. The van der Waals surface area contributed by atoms with Gasteiger partial charge in [-0.25, -0.2) is 0 Å². The van der Waals surface area contributed by atoms with E-state index in [2.05, 4.69) is 4.98 Å². The minimum Gasteiger partial charge on any atom is -0.390 e. The van der Waals surface area contributed by atoms with Gasteiger partial charge in [-0.2, -0.15) is 0 Å². The molecule has 0 atom stereocenters. The molecule has 0 aliphatic rings. The third-order valence-electron chi connectivity index (χ3n) is 2.05. The van der Waals surface area contributed by atoms with Crippen molar-refractivity contribution in [2.45, 2.75) is 13.5 Å². The minimum absolute atomic E-state index is 0.0513. The van der Waals surface area contributed by atoms with Crippen LogP contribution < -0.4 is 0 Å². The summed E-state index contributed by atoms with van der Waals surface area (Å²) in [6.07, 6.45) is 1.53. The molecule has 1 N–H and O–H groups in total. The lowest BCUT2D eigenvalue weighted by molar-refractivity contribution is 0.0802. The largest absolute Gasteiger partial charge is 0.390 e. The molecule has 4 nitrogen and oxygen atoms in total. The molecule has 0 aromatic carbocycles. The van der Waals surface area contributed by atoms with Gasteiger partial charge in [-0.15, -0.1) is 0 Å². The standard InChI is InChI=1S/C10H14N2O2/c1-3-12(2)10(14)8-4-5-11-9(6-8)7-13/h4-6,13H,3,7H2,1-2H3. The molecule has 0 fully saturated rings. The van der Waals surface area contributed by atoms with E-state index in [1.54, 1.807) is 24.1 Å². The zero-order valence-electron chi connectivity index (χ0n) is 8.40. The molecule has 76 valence electrons. The first-order valence-electron chi connectivity index (χ1n) is 4.50. The smallest absolute Gasteiger partial charge is 0.253 e. The van der Waals surface area contributed by atoms with E-state index in [1.165, 1.54) is 6.20 Å². The Morgan fingerprint density at radius 2 is 2.36 bits per heavy atom. The number of pyridine rings is 1. The summed E-state index contributed by atoms with van der Waals surface area (Å²) >= 11 is 0. The lowest BCUT2D eigenvalue weighted by atomic mass is 10.2. The van der Waals surface area contributed by atoms with Gasteiger partial charge < -0.3 is 10.0 Å². The number of carbonyl (C=O) groups excluding carboxylic acids is 1. The van der Waals surface area contributed by atoms with Crippen LogP contribution in [0.25, 0.3) is 0 Å². The Hall–Kier alpha value is -1.42. The molecule has 1 heterocycles. The molecule has 1 aromatic heterocycles. The van der Waals surface area contributed by atoms with Crippen molar-refractivity contribution in [2.24, 2.45) is 0 Å². The highest BCUT2D eigenvalue weighted by molar-refractivity contribution is 5.94. The van der Waals surface area contributed by atoms with E-state index >= 15 is 0 Å². The van der Waals surface area contributed by atoms with Gasteiger partial charge in [0.2, 0.25) is 0 Å². The Morgan fingerprint density at radius 1 is 1.64 bits per heavy atom. The third-order valence-corrected chi connectivity index (χ3v) is 2.05. The topological polar surface area (TPSA) is 53.4 Å². The Balaban J connectivity index is 2.90. The molecular weight excluding hydrogens is 180 g/mol. The van der Waals surface area contributed by atoms with E-state index < -0.39 is 0 Å². The molecule has 0 aliphatic carbocycles. The number of aromatic nitrogens is 1. The number of hydrogen-bond acceptors (Lipinski definition) is 3. The summed E-state index contributed by atoms with van der Waals surface area (Å²) in [5.74, 6) is -0.0513. The average molecular weight is 194 g/mol. The van der Waals surface area contributed by atoms with Crippen LogP contribution >= 0.6 is 0 Å². The van der Waals surface area contributed by atoms with Crippen LogP contribution in [0, 0.1) is 0 Å². The molecule has 1 rings (SSSR count). The van der Waals surface area contributed by atoms with Crippen molar-refractivity contribution in [3.8, 4) is 0 Å². The lowest BCUT2D eigenvalue weighted by Gasteiger charge is -2.14. The van der Waals surface area contributed by atoms with E-state index in [1.807, 2.05) is 6.92 Å². The summed E-state index contributed by atoms with van der Waals surface area (Å²) in [4.78, 5) is 17.2. The Morgan fingerprint density at radius 3 is 2.93 bits per heavy atom. The molecule has 0 aliphatic heterocycles. The van der Waals surface area contributed by atoms with Gasteiger partial charge in [-0.3, -0.25) is 9.78 Å². The fourth-order valence-corrected chi connectivity index (χ4v) is 1.06. The van der Waals surface area contributed by atoms with Crippen molar-refractivity contribution in [2.75, 3.05) is 13.6 Å². The number of hydrogen-bond donors (Lipinski definition) is 1. The summed E-state index contributed by atoms with van der Waals surface area (Å²) in [5.41, 5.74) is 1.08. The van der Waals surface area contributed by atoms with E-state index in [9.17, 15) is 4.79 Å². The first kappa shape index (κ1) is 10.7. The van der Waals surface area contributed by atoms with Gasteiger partial charge in [0.15, 0.2) is 0 Å². The lowest BCUT2D eigenvalue weighted by Crippen LogP contribution is -2.26. The van der Waals surface area contributed by atoms with E-state index in [4.69, 9.17) is 5.11 Å². The van der Waals surface area contributed by atoms with Crippen molar-refractivity contribution in [1.29, 1.82) is 0 Å². The normalized spacial score (nSPS) is 9.93. The molecule has 0 saturated heterocycles. The first-order chi connectivity index (χ1) is 6.69. The first-order valence-corrected chi connectivity index (χ1v) is 4.50. The predicted molar refractivity (Wildman–Crippen MR) is 52.8 cm³/mol. The van der Waals surface area contributed by atoms with Crippen LogP contribution in [0.1, 0.15) is 23.0 Å². The highest BCUT2D eigenvalue weighted by atomic mass is 16.3. The second-order valence-corrected chi connectivity index (χ2v) is 3.01. The van der Waals surface area contributed by atoms with Gasteiger partial charge in [0.25, 0.3) is 5.91 Å². The molecule has 1 aromatic rings. The molecule has 14 heavy (non-hydrogen) atoms. The molecule has 0 radical (unpaired) electrons. The highest BCUT2D eigenvalue weighted by Gasteiger charge is 2.09. The van der Waals surface area contributed by atoms with Gasteiger partial charge in [-0.1, -0.05) is 0 Å². The maximum Gasteiger partial charge on any atom is 0.253 e. The zero-order valence-corrected chi connectivity index (χ0v) is 8.40. The number of rotatable bonds is 3. The highest BCUT2D eigenvalue weighted by Crippen LogP contribution is 2.04. The second-order valence-electron chi connectivity index (χ2n) is 3.01. The fourth-order valence-electron chi connectivity index (χ4n) is 1.06. The number of aliphatic hydroxyl groups excluding tert-OH is 1. The summed E-state index contributed by atoms with van der Waals surface area (Å²) in [7, 11) is 1.74. The summed E-state index contributed by atoms with van der Waals surface area (Å²) in [6.45, 7) is 2.43. The van der Waals surface area contributed by atoms with Crippen molar-refractivity contribution in [3.05, 3.63) is 29.6 Å². The Kier molecular flexibility index (Phi) is 3.59. The van der Waals surface area contributed by atoms with Crippen molar-refractivity contribution < 1.29 is 9.90 Å². The van der Waals surface area contributed by atoms with Gasteiger partial charge >= 0.3 is 0 Å². The van der Waals surface area contributed by atoms with Crippen LogP contribution in [0.2, 0.25) is 0 Å². The minimum atomic E-state index is -0.142. The zero-order chi connectivity index (χ0) is 10.6. The molecular formula is C10H14N2O2. The Labute approximate surface area is 83.2 Å². The van der Waals surface area contributed by atoms with Gasteiger partial charge in [-0.05, 0) is 19.1 Å². The van der Waals surface area contributed by atoms with Crippen LogP contribution in [0.3, 0.4) is 0 Å². The molecule has 1 amide bonds. The molecule has 0 spiro atoms.